The highest BCUT2D eigenvalue weighted by atomic mass is 16.3. The Morgan fingerprint density at radius 1 is 1.64 bits per heavy atom. The molecule has 14 heavy (non-hydrogen) atoms. The van der Waals surface area contributed by atoms with Crippen LogP contribution in [0.5, 0.6) is 0 Å². The molecular weight excluding hydrogens is 178 g/mol. The van der Waals surface area contributed by atoms with Crippen LogP contribution >= 0.6 is 0 Å². The first-order chi connectivity index (χ1) is 6.76. The van der Waals surface area contributed by atoms with Gasteiger partial charge in [-0.2, -0.15) is 5.10 Å². The van der Waals surface area contributed by atoms with E-state index in [2.05, 4.69) is 28.5 Å². The lowest BCUT2D eigenvalue weighted by atomic mass is 10.2. The number of H-pyrrole nitrogens is 1. The summed E-state index contributed by atoms with van der Waals surface area (Å²) in [7, 11) is 0. The van der Waals surface area contributed by atoms with Crippen molar-refractivity contribution in [2.75, 3.05) is 6.61 Å². The van der Waals surface area contributed by atoms with Crippen LogP contribution in [0.1, 0.15) is 31.7 Å². The molecule has 4 heteroatoms. The average Bonchev–Trinajstić information content (AvgIpc) is 2.63. The second kappa shape index (κ2) is 5.78. The molecule has 0 radical (unpaired) electrons. The second-order valence-electron chi connectivity index (χ2n) is 3.60. The fourth-order valence-corrected chi connectivity index (χ4v) is 1.23. The molecule has 0 saturated carbocycles. The molecular formula is C10H19N3O. The highest BCUT2D eigenvalue weighted by molar-refractivity contribution is 5.08. The minimum atomic E-state index is 0.132. The van der Waals surface area contributed by atoms with Gasteiger partial charge in [0.2, 0.25) is 0 Å². The number of aromatic nitrogens is 2. The number of rotatable bonds is 6. The molecule has 4 nitrogen and oxygen atoms in total. The molecule has 0 saturated heterocycles. The van der Waals surface area contributed by atoms with Crippen molar-refractivity contribution < 1.29 is 5.11 Å². The zero-order valence-corrected chi connectivity index (χ0v) is 8.88. The van der Waals surface area contributed by atoms with Gasteiger partial charge in [-0.25, -0.2) is 0 Å². The van der Waals surface area contributed by atoms with Gasteiger partial charge >= 0.3 is 0 Å². The summed E-state index contributed by atoms with van der Waals surface area (Å²) in [5, 5.41) is 19.2. The Morgan fingerprint density at radius 3 is 3.07 bits per heavy atom. The number of aromatic amines is 1. The summed E-state index contributed by atoms with van der Waals surface area (Å²) < 4.78 is 0. The van der Waals surface area contributed by atoms with E-state index in [9.17, 15) is 0 Å². The van der Waals surface area contributed by atoms with Crippen LogP contribution < -0.4 is 5.32 Å². The average molecular weight is 197 g/mol. The van der Waals surface area contributed by atoms with Crippen molar-refractivity contribution in [3.8, 4) is 0 Å². The van der Waals surface area contributed by atoms with Gasteiger partial charge in [0, 0.05) is 18.3 Å². The van der Waals surface area contributed by atoms with Gasteiger partial charge in [0.15, 0.2) is 0 Å². The van der Waals surface area contributed by atoms with Crippen molar-refractivity contribution >= 4 is 0 Å². The van der Waals surface area contributed by atoms with Gasteiger partial charge in [-0.3, -0.25) is 5.10 Å². The molecule has 0 amide bonds. The first-order valence-corrected chi connectivity index (χ1v) is 5.13. The number of aliphatic hydroxyl groups is 1. The Bertz CT molecular complexity index is 260. The molecule has 0 fully saturated rings. The van der Waals surface area contributed by atoms with Crippen molar-refractivity contribution in [2.24, 2.45) is 0 Å². The smallest absolute Gasteiger partial charge is 0.0625 e. The van der Waals surface area contributed by atoms with E-state index in [-0.39, 0.29) is 12.6 Å². The minimum Gasteiger partial charge on any atom is -0.395 e. The van der Waals surface area contributed by atoms with E-state index in [1.54, 1.807) is 0 Å². The summed E-state index contributed by atoms with van der Waals surface area (Å²) >= 11 is 0. The van der Waals surface area contributed by atoms with E-state index < -0.39 is 0 Å². The molecule has 0 aliphatic carbocycles. The van der Waals surface area contributed by atoms with E-state index in [0.717, 1.165) is 30.8 Å². The molecule has 1 heterocycles. The zero-order valence-electron chi connectivity index (χ0n) is 8.88. The molecule has 0 aromatic carbocycles. The van der Waals surface area contributed by atoms with Crippen molar-refractivity contribution in [1.29, 1.82) is 0 Å². The van der Waals surface area contributed by atoms with E-state index in [1.165, 1.54) is 0 Å². The van der Waals surface area contributed by atoms with E-state index in [0.29, 0.717) is 0 Å². The van der Waals surface area contributed by atoms with Crippen LogP contribution in [0.4, 0.5) is 0 Å². The maximum atomic E-state index is 8.81. The lowest BCUT2D eigenvalue weighted by Crippen LogP contribution is -2.28. The molecule has 0 aliphatic rings. The topological polar surface area (TPSA) is 60.9 Å². The SMILES string of the molecule is CCCc1cc(CNC(C)CO)[nH]n1. The van der Waals surface area contributed by atoms with Gasteiger partial charge in [0.25, 0.3) is 0 Å². The van der Waals surface area contributed by atoms with Crippen LogP contribution in [0.3, 0.4) is 0 Å². The van der Waals surface area contributed by atoms with Crippen LogP contribution in [0.15, 0.2) is 6.07 Å². The Kier molecular flexibility index (Phi) is 4.62. The zero-order chi connectivity index (χ0) is 10.4. The van der Waals surface area contributed by atoms with Crippen molar-refractivity contribution in [1.82, 2.24) is 15.5 Å². The highest BCUT2D eigenvalue weighted by Gasteiger charge is 2.02. The Hall–Kier alpha value is -0.870. The van der Waals surface area contributed by atoms with Crippen LogP contribution in [0.25, 0.3) is 0 Å². The Morgan fingerprint density at radius 2 is 2.43 bits per heavy atom. The van der Waals surface area contributed by atoms with Crippen LogP contribution in [-0.2, 0) is 13.0 Å². The van der Waals surface area contributed by atoms with Gasteiger partial charge < -0.3 is 10.4 Å². The molecule has 1 aromatic heterocycles. The lowest BCUT2D eigenvalue weighted by Gasteiger charge is -2.08. The molecule has 1 unspecified atom stereocenters. The minimum absolute atomic E-state index is 0.132. The fraction of sp³-hybridized carbons (Fsp3) is 0.700. The van der Waals surface area contributed by atoms with Gasteiger partial charge in [-0.1, -0.05) is 13.3 Å². The Labute approximate surface area is 84.7 Å². The summed E-state index contributed by atoms with van der Waals surface area (Å²) in [5.41, 5.74) is 2.19. The number of hydrogen-bond donors (Lipinski definition) is 3. The van der Waals surface area contributed by atoms with Crippen LogP contribution in [0.2, 0.25) is 0 Å². The predicted octanol–water partition coefficient (Wildman–Crippen LogP) is 0.833. The molecule has 3 N–H and O–H groups in total. The maximum absolute atomic E-state index is 8.81. The molecule has 0 spiro atoms. The summed E-state index contributed by atoms with van der Waals surface area (Å²) in [6.45, 7) is 4.98. The number of aryl methyl sites for hydroxylation is 1. The van der Waals surface area contributed by atoms with E-state index >= 15 is 0 Å². The summed E-state index contributed by atoms with van der Waals surface area (Å²) in [5.74, 6) is 0. The number of aliphatic hydroxyl groups excluding tert-OH is 1. The third-order valence-corrected chi connectivity index (χ3v) is 2.10. The first-order valence-electron chi connectivity index (χ1n) is 5.13. The van der Waals surface area contributed by atoms with Crippen molar-refractivity contribution in [3.63, 3.8) is 0 Å². The second-order valence-corrected chi connectivity index (χ2v) is 3.60. The largest absolute Gasteiger partial charge is 0.395 e. The first kappa shape index (κ1) is 11.2. The van der Waals surface area contributed by atoms with Crippen molar-refractivity contribution in [3.05, 3.63) is 17.5 Å². The van der Waals surface area contributed by atoms with E-state index in [1.807, 2.05) is 6.92 Å². The van der Waals surface area contributed by atoms with Gasteiger partial charge in [0.1, 0.15) is 0 Å². The summed E-state index contributed by atoms with van der Waals surface area (Å²) in [6.07, 6.45) is 2.14. The molecule has 1 atom stereocenters. The maximum Gasteiger partial charge on any atom is 0.0625 e. The highest BCUT2D eigenvalue weighted by Crippen LogP contribution is 2.02. The fourth-order valence-electron chi connectivity index (χ4n) is 1.23. The Balaban J connectivity index is 2.35. The number of nitrogens with zero attached hydrogens (tertiary/aromatic N) is 1. The standard InChI is InChI=1S/C10H19N3O/c1-3-4-9-5-10(13-12-9)6-11-8(2)7-14/h5,8,11,14H,3-4,6-7H2,1-2H3,(H,12,13). The van der Waals surface area contributed by atoms with E-state index in [4.69, 9.17) is 5.11 Å². The molecule has 1 aromatic rings. The van der Waals surface area contributed by atoms with Crippen molar-refractivity contribution in [2.45, 2.75) is 39.3 Å². The molecule has 1 rings (SSSR count). The predicted molar refractivity (Wildman–Crippen MR) is 56.0 cm³/mol. The summed E-state index contributed by atoms with van der Waals surface area (Å²) in [4.78, 5) is 0. The molecule has 80 valence electrons. The summed E-state index contributed by atoms with van der Waals surface area (Å²) in [6, 6.07) is 2.20. The number of nitrogens with one attached hydrogen (secondary N) is 2. The third-order valence-electron chi connectivity index (χ3n) is 2.10. The molecule has 0 aliphatic heterocycles. The number of hydrogen-bond acceptors (Lipinski definition) is 3. The third kappa shape index (κ3) is 3.47. The monoisotopic (exact) mass is 197 g/mol. The van der Waals surface area contributed by atoms with Crippen LogP contribution in [0, 0.1) is 0 Å². The van der Waals surface area contributed by atoms with Gasteiger partial charge in [0.05, 0.1) is 12.3 Å². The lowest BCUT2D eigenvalue weighted by molar-refractivity contribution is 0.250. The van der Waals surface area contributed by atoms with Gasteiger partial charge in [-0.05, 0) is 19.4 Å². The van der Waals surface area contributed by atoms with Crippen LogP contribution in [-0.4, -0.2) is 28.0 Å². The van der Waals surface area contributed by atoms with Gasteiger partial charge in [-0.15, -0.1) is 0 Å². The normalized spacial score (nSPS) is 13.1. The quantitative estimate of drug-likeness (QED) is 0.633. The molecule has 0 bridgehead atoms.